The lowest BCUT2D eigenvalue weighted by atomic mass is 9.82. The quantitative estimate of drug-likeness (QED) is 0.858. The summed E-state index contributed by atoms with van der Waals surface area (Å²) in [5, 5.41) is 2.87. The normalized spacial score (nSPS) is 23.5. The topological polar surface area (TPSA) is 68.2 Å². The first-order valence-corrected chi connectivity index (χ1v) is 8.00. The number of nitrogens with zero attached hydrogens (tertiary/aromatic N) is 1. The highest BCUT2D eigenvalue weighted by Crippen LogP contribution is 2.26. The molecule has 2 rings (SSSR count). The Hall–Kier alpha value is -1.01. The maximum absolute atomic E-state index is 11.9. The summed E-state index contributed by atoms with van der Waals surface area (Å²) in [6, 6.07) is 1.48. The van der Waals surface area contributed by atoms with E-state index in [9.17, 15) is 13.2 Å². The van der Waals surface area contributed by atoms with Crippen molar-refractivity contribution in [3.8, 4) is 0 Å². The Balaban J connectivity index is 2.13. The van der Waals surface area contributed by atoms with Gasteiger partial charge < -0.3 is 9.88 Å². The molecular formula is C11H15ClN2O3S. The highest BCUT2D eigenvalue weighted by atomic mass is 35.7. The number of carbonyl (C=O) groups excluding carboxylic acids is 1. The zero-order valence-corrected chi connectivity index (χ0v) is 11.8. The van der Waals surface area contributed by atoms with Gasteiger partial charge in [-0.05, 0) is 24.8 Å². The summed E-state index contributed by atoms with van der Waals surface area (Å²) < 4.78 is 23.8. The molecular weight excluding hydrogens is 276 g/mol. The number of hydrogen-bond donors (Lipinski definition) is 1. The summed E-state index contributed by atoms with van der Waals surface area (Å²) in [6.07, 6.45) is 3.27. The maximum atomic E-state index is 11.9. The molecule has 18 heavy (non-hydrogen) atoms. The largest absolute Gasteiger partial charge is 0.348 e. The van der Waals surface area contributed by atoms with E-state index in [-0.39, 0.29) is 16.8 Å². The molecule has 1 aromatic heterocycles. The lowest BCUT2D eigenvalue weighted by Crippen LogP contribution is -2.43. The Bertz CT molecular complexity index is 573. The van der Waals surface area contributed by atoms with Crippen molar-refractivity contribution in [1.29, 1.82) is 0 Å². The van der Waals surface area contributed by atoms with Gasteiger partial charge in [-0.1, -0.05) is 6.92 Å². The fourth-order valence-corrected chi connectivity index (χ4v) is 2.96. The number of hydrogen-bond acceptors (Lipinski definition) is 3. The van der Waals surface area contributed by atoms with Gasteiger partial charge in [-0.2, -0.15) is 0 Å². The van der Waals surface area contributed by atoms with Crippen molar-refractivity contribution in [3.63, 3.8) is 0 Å². The molecule has 5 nitrogen and oxygen atoms in total. The number of aromatic nitrogens is 1. The monoisotopic (exact) mass is 290 g/mol. The third kappa shape index (κ3) is 2.70. The van der Waals surface area contributed by atoms with E-state index in [4.69, 9.17) is 10.7 Å². The van der Waals surface area contributed by atoms with Gasteiger partial charge in [0, 0.05) is 30.0 Å². The van der Waals surface area contributed by atoms with Crippen molar-refractivity contribution in [3.05, 3.63) is 18.0 Å². The molecule has 1 heterocycles. The molecule has 1 aliphatic carbocycles. The lowest BCUT2D eigenvalue weighted by Gasteiger charge is -2.33. The third-order valence-electron chi connectivity index (χ3n) is 3.20. The minimum Gasteiger partial charge on any atom is -0.348 e. The summed E-state index contributed by atoms with van der Waals surface area (Å²) in [7, 11) is 3.06. The fraction of sp³-hybridized carbons (Fsp3) is 0.545. The van der Waals surface area contributed by atoms with Crippen LogP contribution >= 0.6 is 10.7 Å². The zero-order valence-electron chi connectivity index (χ0n) is 10.2. The number of aryl methyl sites for hydroxylation is 1. The summed E-state index contributed by atoms with van der Waals surface area (Å²) in [5.41, 5.74) is 0.300. The van der Waals surface area contributed by atoms with Gasteiger partial charge in [0.25, 0.3) is 15.0 Å². The van der Waals surface area contributed by atoms with Gasteiger partial charge in [0.1, 0.15) is 10.6 Å². The molecule has 1 amide bonds. The highest BCUT2D eigenvalue weighted by molar-refractivity contribution is 8.13. The number of carbonyl (C=O) groups is 1. The van der Waals surface area contributed by atoms with Gasteiger partial charge in [0.2, 0.25) is 0 Å². The van der Waals surface area contributed by atoms with E-state index in [0.717, 1.165) is 12.8 Å². The Kier molecular flexibility index (Phi) is 3.42. The Morgan fingerprint density at radius 1 is 1.50 bits per heavy atom. The predicted octanol–water partition coefficient (Wildman–Crippen LogP) is 1.48. The van der Waals surface area contributed by atoms with E-state index < -0.39 is 9.05 Å². The SMILES string of the molecule is CC1CC(NC(=O)c2cc(S(=O)(=O)Cl)cn2C)C1. The highest BCUT2D eigenvalue weighted by Gasteiger charge is 2.28. The van der Waals surface area contributed by atoms with Crippen molar-refractivity contribution in [1.82, 2.24) is 9.88 Å². The van der Waals surface area contributed by atoms with Crippen LogP contribution in [0.1, 0.15) is 30.3 Å². The van der Waals surface area contributed by atoms with Gasteiger partial charge >= 0.3 is 0 Å². The summed E-state index contributed by atoms with van der Waals surface area (Å²) in [4.78, 5) is 11.9. The lowest BCUT2D eigenvalue weighted by molar-refractivity contribution is 0.0887. The molecule has 1 aliphatic rings. The molecule has 1 N–H and O–H groups in total. The van der Waals surface area contributed by atoms with Gasteiger partial charge in [0.15, 0.2) is 0 Å². The summed E-state index contributed by atoms with van der Waals surface area (Å²) in [6.45, 7) is 2.13. The second kappa shape index (κ2) is 4.59. The fourth-order valence-electron chi connectivity index (χ4n) is 2.17. The van der Waals surface area contributed by atoms with Crippen LogP contribution in [0.25, 0.3) is 0 Å². The van der Waals surface area contributed by atoms with E-state index in [1.54, 1.807) is 7.05 Å². The number of halogens is 1. The smallest absolute Gasteiger partial charge is 0.268 e. The van der Waals surface area contributed by atoms with Crippen LogP contribution in [-0.2, 0) is 16.1 Å². The third-order valence-corrected chi connectivity index (χ3v) is 4.52. The van der Waals surface area contributed by atoms with Crippen LogP contribution in [-0.4, -0.2) is 24.9 Å². The molecule has 0 bridgehead atoms. The van der Waals surface area contributed by atoms with Crippen LogP contribution in [0.3, 0.4) is 0 Å². The number of amides is 1. The van der Waals surface area contributed by atoms with Crippen molar-refractivity contribution in [2.45, 2.75) is 30.7 Å². The van der Waals surface area contributed by atoms with E-state index >= 15 is 0 Å². The predicted molar refractivity (Wildman–Crippen MR) is 68.1 cm³/mol. The summed E-state index contributed by atoms with van der Waals surface area (Å²) >= 11 is 0. The van der Waals surface area contributed by atoms with Crippen LogP contribution in [0, 0.1) is 5.92 Å². The van der Waals surface area contributed by atoms with Gasteiger partial charge in [-0.3, -0.25) is 4.79 Å². The molecule has 1 saturated carbocycles. The second-order valence-electron chi connectivity index (χ2n) is 4.86. The maximum Gasteiger partial charge on any atom is 0.268 e. The first kappa shape index (κ1) is 13.4. The van der Waals surface area contributed by atoms with Crippen molar-refractivity contribution >= 4 is 25.6 Å². The Morgan fingerprint density at radius 3 is 2.56 bits per heavy atom. The van der Waals surface area contributed by atoms with Crippen LogP contribution in [0.4, 0.5) is 0 Å². The van der Waals surface area contributed by atoms with Gasteiger partial charge in [-0.15, -0.1) is 0 Å². The van der Waals surface area contributed by atoms with Crippen molar-refractivity contribution in [2.24, 2.45) is 13.0 Å². The molecule has 1 fully saturated rings. The molecule has 0 aliphatic heterocycles. The average molecular weight is 291 g/mol. The summed E-state index contributed by atoms with van der Waals surface area (Å²) in [5.74, 6) is 0.378. The van der Waals surface area contributed by atoms with E-state index in [2.05, 4.69) is 12.2 Å². The Morgan fingerprint density at radius 2 is 2.11 bits per heavy atom. The first-order valence-electron chi connectivity index (χ1n) is 5.69. The number of rotatable bonds is 3. The molecule has 0 atom stereocenters. The molecule has 0 unspecified atom stereocenters. The van der Waals surface area contributed by atoms with Crippen LogP contribution in [0.2, 0.25) is 0 Å². The zero-order chi connectivity index (χ0) is 13.5. The molecule has 1 aromatic rings. The minimum atomic E-state index is -3.80. The van der Waals surface area contributed by atoms with Crippen molar-refractivity contribution in [2.75, 3.05) is 0 Å². The molecule has 100 valence electrons. The van der Waals surface area contributed by atoms with Gasteiger partial charge in [-0.25, -0.2) is 8.42 Å². The first-order chi connectivity index (χ1) is 8.27. The minimum absolute atomic E-state index is 0.0567. The Labute approximate surface area is 111 Å². The van der Waals surface area contributed by atoms with E-state index in [1.807, 2.05) is 0 Å². The van der Waals surface area contributed by atoms with Crippen LogP contribution in [0.5, 0.6) is 0 Å². The van der Waals surface area contributed by atoms with E-state index in [1.165, 1.54) is 16.8 Å². The van der Waals surface area contributed by atoms with Crippen LogP contribution < -0.4 is 5.32 Å². The molecule has 0 spiro atoms. The van der Waals surface area contributed by atoms with E-state index in [0.29, 0.717) is 11.6 Å². The second-order valence-corrected chi connectivity index (χ2v) is 7.42. The molecule has 7 heteroatoms. The van der Waals surface area contributed by atoms with Crippen LogP contribution in [0.15, 0.2) is 17.2 Å². The average Bonchev–Trinajstić information content (AvgIpc) is 2.57. The standard InChI is InChI=1S/C11H15ClN2O3S/c1-7-3-8(4-7)13-11(15)10-5-9(6-14(10)2)18(12,16)17/h5-8H,3-4H2,1-2H3,(H,13,15). The molecule has 0 radical (unpaired) electrons. The number of nitrogens with one attached hydrogen (secondary N) is 1. The molecule has 0 aromatic carbocycles. The van der Waals surface area contributed by atoms with Gasteiger partial charge in [0.05, 0.1) is 0 Å². The molecule has 0 saturated heterocycles. The van der Waals surface area contributed by atoms with Crippen molar-refractivity contribution < 1.29 is 13.2 Å².